The Balaban J connectivity index is 1.70. The standard InChI is InChI=1S/C27H24FN3O3/c1-16-12-22(18(3)34-16)25-15-31(32)26(20-9-7-10-21(13-20)33-4)17(2)24(29-27(31)30-25)14-19-8-5-6-11-23(19)28/h5-13,15H,14H2,1-4H3. The lowest BCUT2D eigenvalue weighted by molar-refractivity contribution is -0.647. The smallest absolute Gasteiger partial charge is 0.340 e. The van der Waals surface area contributed by atoms with Gasteiger partial charge in [0.2, 0.25) is 0 Å². The van der Waals surface area contributed by atoms with E-state index in [-0.39, 0.29) is 18.2 Å². The Bertz CT molecular complexity index is 1430. The number of benzene rings is 2. The van der Waals surface area contributed by atoms with Crippen molar-refractivity contribution in [1.82, 2.24) is 0 Å². The predicted molar refractivity (Wildman–Crippen MR) is 130 cm³/mol. The van der Waals surface area contributed by atoms with Crippen LogP contribution in [0.2, 0.25) is 0 Å². The number of aliphatic imine (C=N–C) groups is 2. The summed E-state index contributed by atoms with van der Waals surface area (Å²) in [4.78, 5) is 9.28. The molecule has 7 heteroatoms. The van der Waals surface area contributed by atoms with Crippen molar-refractivity contribution in [3.8, 4) is 5.75 Å². The van der Waals surface area contributed by atoms with Crippen molar-refractivity contribution in [1.29, 1.82) is 0 Å². The van der Waals surface area contributed by atoms with Crippen LogP contribution in [0.1, 0.15) is 35.1 Å². The molecule has 0 amide bonds. The molecule has 3 aromatic rings. The molecule has 5 rings (SSSR count). The number of halogens is 1. The lowest BCUT2D eigenvalue weighted by Crippen LogP contribution is -2.42. The van der Waals surface area contributed by atoms with Crippen LogP contribution in [-0.4, -0.2) is 23.4 Å². The maximum atomic E-state index is 14.5. The number of hydrogen-bond acceptors (Lipinski definition) is 5. The van der Waals surface area contributed by atoms with Crippen LogP contribution < -0.4 is 4.74 Å². The third-order valence-electron chi connectivity index (χ3n) is 6.15. The Morgan fingerprint density at radius 2 is 1.82 bits per heavy atom. The van der Waals surface area contributed by atoms with Crippen LogP contribution in [0.25, 0.3) is 11.4 Å². The molecule has 172 valence electrons. The second-order valence-corrected chi connectivity index (χ2v) is 8.44. The second kappa shape index (κ2) is 8.20. The van der Waals surface area contributed by atoms with Gasteiger partial charge >= 0.3 is 5.96 Å². The molecule has 2 aliphatic heterocycles. The van der Waals surface area contributed by atoms with Gasteiger partial charge in [0, 0.05) is 23.1 Å². The van der Waals surface area contributed by atoms with E-state index in [1.165, 1.54) is 6.07 Å². The maximum absolute atomic E-state index is 14.5. The molecule has 0 saturated carbocycles. The molecule has 6 nitrogen and oxygen atoms in total. The number of ether oxygens (including phenoxy) is 1. The van der Waals surface area contributed by atoms with Gasteiger partial charge in [-0.3, -0.25) is 0 Å². The van der Waals surface area contributed by atoms with Gasteiger partial charge in [0.1, 0.15) is 35.0 Å². The minimum absolute atomic E-state index is 0.0861. The van der Waals surface area contributed by atoms with Crippen molar-refractivity contribution in [3.05, 3.63) is 106 Å². The van der Waals surface area contributed by atoms with Gasteiger partial charge in [-0.15, -0.1) is 0 Å². The lowest BCUT2D eigenvalue weighted by atomic mass is 9.96. The molecule has 0 bridgehead atoms. The first-order chi connectivity index (χ1) is 16.3. The molecule has 0 saturated heterocycles. The summed E-state index contributed by atoms with van der Waals surface area (Å²) in [6.07, 6.45) is 1.79. The summed E-state index contributed by atoms with van der Waals surface area (Å²) in [7, 11) is 1.58. The molecule has 3 heterocycles. The number of fused-ring (bicyclic) bond motifs is 1. The zero-order chi connectivity index (χ0) is 24.0. The number of hydrogen-bond donors (Lipinski definition) is 0. The number of aryl methyl sites for hydroxylation is 2. The Hall–Kier alpha value is -3.81. The molecule has 2 aliphatic rings. The van der Waals surface area contributed by atoms with Crippen molar-refractivity contribution >= 4 is 23.1 Å². The average Bonchev–Trinajstić information content (AvgIpc) is 3.33. The van der Waals surface area contributed by atoms with E-state index in [4.69, 9.17) is 9.15 Å². The molecule has 1 atom stereocenters. The second-order valence-electron chi connectivity index (χ2n) is 8.44. The average molecular weight is 458 g/mol. The van der Waals surface area contributed by atoms with E-state index >= 15 is 0 Å². The van der Waals surface area contributed by atoms with E-state index in [1.807, 2.05) is 51.1 Å². The normalized spacial score (nSPS) is 19.5. The molecule has 0 N–H and O–H groups in total. The highest BCUT2D eigenvalue weighted by molar-refractivity contribution is 6.15. The van der Waals surface area contributed by atoms with Gasteiger partial charge in [-0.1, -0.05) is 24.3 Å². The summed E-state index contributed by atoms with van der Waals surface area (Å²) in [5, 5.41) is 14.4. The number of hydroxylamine groups is 3. The van der Waals surface area contributed by atoms with Crippen molar-refractivity contribution in [3.63, 3.8) is 0 Å². The number of nitrogens with zero attached hydrogens (tertiary/aromatic N) is 3. The van der Waals surface area contributed by atoms with Gasteiger partial charge in [-0.2, -0.15) is 9.98 Å². The number of quaternary nitrogens is 1. The number of furan rings is 1. The van der Waals surface area contributed by atoms with Crippen LogP contribution in [0.4, 0.5) is 4.39 Å². The minimum atomic E-state index is -0.946. The highest BCUT2D eigenvalue weighted by Gasteiger charge is 2.42. The Morgan fingerprint density at radius 1 is 1.03 bits per heavy atom. The van der Waals surface area contributed by atoms with Gasteiger partial charge < -0.3 is 14.4 Å². The summed E-state index contributed by atoms with van der Waals surface area (Å²) in [6, 6.07) is 15.8. The summed E-state index contributed by atoms with van der Waals surface area (Å²) < 4.78 is 24.6. The zero-order valence-electron chi connectivity index (χ0n) is 19.4. The molecule has 0 radical (unpaired) electrons. The molecule has 1 aromatic heterocycles. The fourth-order valence-electron chi connectivity index (χ4n) is 4.48. The van der Waals surface area contributed by atoms with Crippen molar-refractivity contribution in [2.45, 2.75) is 27.2 Å². The van der Waals surface area contributed by atoms with Crippen LogP contribution >= 0.6 is 0 Å². The highest BCUT2D eigenvalue weighted by atomic mass is 19.1. The van der Waals surface area contributed by atoms with Crippen LogP contribution in [0.5, 0.6) is 5.75 Å². The van der Waals surface area contributed by atoms with E-state index in [2.05, 4.69) is 9.98 Å². The van der Waals surface area contributed by atoms with E-state index < -0.39 is 4.65 Å². The summed E-state index contributed by atoms with van der Waals surface area (Å²) >= 11 is 0. The van der Waals surface area contributed by atoms with Gasteiger partial charge in [0.15, 0.2) is 5.70 Å². The number of methoxy groups -OCH3 is 1. The van der Waals surface area contributed by atoms with Gasteiger partial charge in [0.25, 0.3) is 0 Å². The van der Waals surface area contributed by atoms with Gasteiger partial charge in [0.05, 0.1) is 12.8 Å². The Kier molecular flexibility index (Phi) is 5.31. The van der Waals surface area contributed by atoms with Crippen molar-refractivity contribution < 1.29 is 18.2 Å². The van der Waals surface area contributed by atoms with Crippen molar-refractivity contribution in [2.75, 3.05) is 7.11 Å². The SMILES string of the molecule is COc1cccc(C2=C(C)C(Cc3ccccc3F)=NC3=NC(c4cc(C)oc4C)=C[N+]32[O-])c1. The third kappa shape index (κ3) is 3.59. The number of allylic oxidation sites excluding steroid dienone is 1. The molecule has 2 aromatic carbocycles. The van der Waals surface area contributed by atoms with E-state index in [0.29, 0.717) is 45.3 Å². The fourth-order valence-corrected chi connectivity index (χ4v) is 4.48. The topological polar surface area (TPSA) is 70.2 Å². The third-order valence-corrected chi connectivity index (χ3v) is 6.15. The van der Waals surface area contributed by atoms with Crippen LogP contribution in [-0.2, 0) is 6.42 Å². The summed E-state index contributed by atoms with van der Waals surface area (Å²) in [5.74, 6) is 1.82. The first-order valence-electron chi connectivity index (χ1n) is 11.0. The largest absolute Gasteiger partial charge is 0.614 e. The maximum Gasteiger partial charge on any atom is 0.340 e. The summed E-state index contributed by atoms with van der Waals surface area (Å²) in [5.41, 5.74) is 4.21. The predicted octanol–water partition coefficient (Wildman–Crippen LogP) is 6.16. The highest BCUT2D eigenvalue weighted by Crippen LogP contribution is 2.43. The molecule has 34 heavy (non-hydrogen) atoms. The zero-order valence-corrected chi connectivity index (χ0v) is 19.4. The van der Waals surface area contributed by atoms with Crippen LogP contribution in [0, 0.1) is 24.9 Å². The fraction of sp³-hybridized carbons (Fsp3) is 0.185. The molecular formula is C27H24FN3O3. The molecule has 0 aliphatic carbocycles. The Morgan fingerprint density at radius 3 is 2.53 bits per heavy atom. The van der Waals surface area contributed by atoms with Gasteiger partial charge in [-0.05, 0) is 56.7 Å². The molecule has 0 fully saturated rings. The van der Waals surface area contributed by atoms with Crippen molar-refractivity contribution in [2.24, 2.45) is 9.98 Å². The van der Waals surface area contributed by atoms with E-state index in [0.717, 1.165) is 11.3 Å². The van der Waals surface area contributed by atoms with Gasteiger partial charge in [-0.25, -0.2) is 9.04 Å². The van der Waals surface area contributed by atoms with E-state index in [1.54, 1.807) is 31.5 Å². The Labute approximate surface area is 197 Å². The number of rotatable bonds is 5. The number of guanidine groups is 1. The lowest BCUT2D eigenvalue weighted by Gasteiger charge is -2.39. The molecule has 1 unspecified atom stereocenters. The quantitative estimate of drug-likeness (QED) is 0.341. The van der Waals surface area contributed by atoms with Crippen LogP contribution in [0.15, 0.2) is 80.8 Å². The first-order valence-corrected chi connectivity index (χ1v) is 11.0. The molecule has 0 spiro atoms. The van der Waals surface area contributed by atoms with E-state index in [9.17, 15) is 9.60 Å². The monoisotopic (exact) mass is 457 g/mol. The first kappa shape index (κ1) is 22.0. The minimum Gasteiger partial charge on any atom is -0.614 e. The summed E-state index contributed by atoms with van der Waals surface area (Å²) in [6.45, 7) is 5.54. The molecular weight excluding hydrogens is 433 g/mol. The van der Waals surface area contributed by atoms with Crippen LogP contribution in [0.3, 0.4) is 0 Å².